The van der Waals surface area contributed by atoms with Crippen molar-refractivity contribution < 1.29 is 9.18 Å². The monoisotopic (exact) mass is 265 g/mol. The Hall–Kier alpha value is -0.420. The summed E-state index contributed by atoms with van der Waals surface area (Å²) >= 11 is 4.39. The van der Waals surface area contributed by atoms with Crippen LogP contribution in [0.1, 0.15) is 16.6 Å². The minimum absolute atomic E-state index is 0.146. The Labute approximate surface area is 88.3 Å². The maximum Gasteiger partial charge on any atom is 0.264 e. The second-order valence-electron chi connectivity index (χ2n) is 2.59. The molecular weight excluding hydrogens is 257 g/mol. The Morgan fingerprint density at radius 2 is 2.54 bits per heavy atom. The van der Waals surface area contributed by atoms with Gasteiger partial charge in [-0.1, -0.05) is 22.9 Å². The summed E-state index contributed by atoms with van der Waals surface area (Å²) in [5.74, 6) is -0.802. The van der Waals surface area contributed by atoms with Crippen LogP contribution in [0.25, 0.3) is 0 Å². The third kappa shape index (κ3) is 3.08. The van der Waals surface area contributed by atoms with E-state index in [1.54, 1.807) is 5.38 Å². The minimum Gasteiger partial charge on any atom is -0.350 e. The molecule has 1 aromatic rings. The van der Waals surface area contributed by atoms with Gasteiger partial charge in [0.05, 0.1) is 0 Å². The summed E-state index contributed by atoms with van der Waals surface area (Å²) in [6, 6.07) is 1.29. The second-order valence-corrected chi connectivity index (χ2v) is 5.07. The number of alkyl halides is 1. The summed E-state index contributed by atoms with van der Waals surface area (Å²) in [4.78, 5) is 11.6. The molecule has 0 aliphatic carbocycles. The van der Waals surface area contributed by atoms with Gasteiger partial charge in [-0.15, -0.1) is 11.3 Å². The van der Waals surface area contributed by atoms with Gasteiger partial charge in [-0.05, 0) is 11.4 Å². The molecule has 0 bridgehead atoms. The lowest BCUT2D eigenvalue weighted by Crippen LogP contribution is -2.28. The Morgan fingerprint density at radius 3 is 3.00 bits per heavy atom. The summed E-state index contributed by atoms with van der Waals surface area (Å²) in [7, 11) is 0. The van der Waals surface area contributed by atoms with Crippen LogP contribution < -0.4 is 5.32 Å². The van der Waals surface area contributed by atoms with Crippen LogP contribution in [-0.4, -0.2) is 17.3 Å². The van der Waals surface area contributed by atoms with Gasteiger partial charge in [0.25, 0.3) is 5.91 Å². The van der Waals surface area contributed by atoms with Crippen LogP contribution in [0.5, 0.6) is 0 Å². The zero-order valence-electron chi connectivity index (χ0n) is 7.01. The molecule has 1 unspecified atom stereocenters. The maximum atomic E-state index is 12.9. The van der Waals surface area contributed by atoms with E-state index in [4.69, 9.17) is 0 Å². The average molecular weight is 266 g/mol. The van der Waals surface area contributed by atoms with Gasteiger partial charge in [0, 0.05) is 11.4 Å². The Kier molecular flexibility index (Phi) is 3.87. The lowest BCUT2D eigenvalue weighted by Gasteiger charge is -2.04. The van der Waals surface area contributed by atoms with E-state index in [-0.39, 0.29) is 15.6 Å². The SMILES string of the molecule is CC(Br)CNC(=O)c1sccc1F. The molecule has 0 aliphatic rings. The summed E-state index contributed by atoms with van der Waals surface area (Å²) in [6.07, 6.45) is 0. The fourth-order valence-electron chi connectivity index (χ4n) is 0.769. The molecule has 5 heteroatoms. The van der Waals surface area contributed by atoms with Crippen molar-refractivity contribution in [2.45, 2.75) is 11.8 Å². The molecule has 0 aromatic carbocycles. The van der Waals surface area contributed by atoms with Crippen molar-refractivity contribution in [3.63, 3.8) is 0 Å². The van der Waals surface area contributed by atoms with Crippen molar-refractivity contribution in [1.82, 2.24) is 5.32 Å². The summed E-state index contributed by atoms with van der Waals surface area (Å²) in [5.41, 5.74) is 0. The van der Waals surface area contributed by atoms with E-state index >= 15 is 0 Å². The molecule has 1 amide bonds. The van der Waals surface area contributed by atoms with Gasteiger partial charge in [-0.3, -0.25) is 4.79 Å². The molecule has 1 N–H and O–H groups in total. The number of hydrogen-bond acceptors (Lipinski definition) is 2. The second kappa shape index (κ2) is 4.72. The molecular formula is C8H9BrFNOS. The molecule has 0 radical (unpaired) electrons. The fourth-order valence-corrected chi connectivity index (χ4v) is 1.61. The first-order valence-corrected chi connectivity index (χ1v) is 5.56. The molecule has 72 valence electrons. The molecule has 1 heterocycles. The number of thiophene rings is 1. The number of carbonyl (C=O) groups is 1. The average Bonchev–Trinajstić information content (AvgIpc) is 2.47. The fraction of sp³-hybridized carbons (Fsp3) is 0.375. The molecule has 0 fully saturated rings. The van der Waals surface area contributed by atoms with Crippen molar-refractivity contribution in [2.24, 2.45) is 0 Å². The highest BCUT2D eigenvalue weighted by molar-refractivity contribution is 9.09. The van der Waals surface area contributed by atoms with Gasteiger partial charge in [0.15, 0.2) is 0 Å². The predicted molar refractivity (Wildman–Crippen MR) is 55.0 cm³/mol. The van der Waals surface area contributed by atoms with Gasteiger partial charge < -0.3 is 5.32 Å². The lowest BCUT2D eigenvalue weighted by molar-refractivity contribution is 0.0955. The number of carbonyl (C=O) groups excluding carboxylic acids is 1. The van der Waals surface area contributed by atoms with E-state index in [2.05, 4.69) is 21.2 Å². The van der Waals surface area contributed by atoms with E-state index in [1.165, 1.54) is 6.07 Å². The molecule has 1 atom stereocenters. The quantitative estimate of drug-likeness (QED) is 0.836. The smallest absolute Gasteiger partial charge is 0.264 e. The highest BCUT2D eigenvalue weighted by atomic mass is 79.9. The van der Waals surface area contributed by atoms with Gasteiger partial charge >= 0.3 is 0 Å². The number of halogens is 2. The zero-order valence-corrected chi connectivity index (χ0v) is 9.41. The van der Waals surface area contributed by atoms with E-state index in [0.717, 1.165) is 11.3 Å². The summed E-state index contributed by atoms with van der Waals surface area (Å²) < 4.78 is 12.9. The van der Waals surface area contributed by atoms with Crippen LogP contribution in [0.15, 0.2) is 11.4 Å². The van der Waals surface area contributed by atoms with E-state index in [9.17, 15) is 9.18 Å². The topological polar surface area (TPSA) is 29.1 Å². The molecule has 13 heavy (non-hydrogen) atoms. The van der Waals surface area contributed by atoms with Crippen LogP contribution in [0, 0.1) is 5.82 Å². The van der Waals surface area contributed by atoms with Crippen LogP contribution >= 0.6 is 27.3 Å². The molecule has 2 nitrogen and oxygen atoms in total. The largest absolute Gasteiger partial charge is 0.350 e. The summed E-state index contributed by atoms with van der Waals surface area (Å²) in [5, 5.41) is 4.17. The van der Waals surface area contributed by atoms with Crippen LogP contribution in [0.2, 0.25) is 0 Å². The molecule has 0 saturated carbocycles. The van der Waals surface area contributed by atoms with E-state index in [1.807, 2.05) is 6.92 Å². The molecule has 1 rings (SSSR count). The molecule has 0 saturated heterocycles. The third-order valence-electron chi connectivity index (χ3n) is 1.37. The Balaban J connectivity index is 2.54. The van der Waals surface area contributed by atoms with Gasteiger partial charge in [0.1, 0.15) is 10.7 Å². The van der Waals surface area contributed by atoms with Gasteiger partial charge in [0.2, 0.25) is 0 Å². The zero-order chi connectivity index (χ0) is 9.84. The van der Waals surface area contributed by atoms with Crippen molar-refractivity contribution in [1.29, 1.82) is 0 Å². The van der Waals surface area contributed by atoms with Crippen molar-refractivity contribution in [3.8, 4) is 0 Å². The van der Waals surface area contributed by atoms with Crippen molar-refractivity contribution in [3.05, 3.63) is 22.1 Å². The standard InChI is InChI=1S/C8H9BrFNOS/c1-5(9)4-11-8(12)7-6(10)2-3-13-7/h2-3,5H,4H2,1H3,(H,11,12). The lowest BCUT2D eigenvalue weighted by atomic mass is 10.4. The number of nitrogens with one attached hydrogen (secondary N) is 1. The predicted octanol–water partition coefficient (Wildman–Crippen LogP) is 2.40. The number of rotatable bonds is 3. The highest BCUT2D eigenvalue weighted by Crippen LogP contribution is 2.14. The van der Waals surface area contributed by atoms with Crippen LogP contribution in [-0.2, 0) is 0 Å². The van der Waals surface area contributed by atoms with Gasteiger partial charge in [-0.25, -0.2) is 4.39 Å². The first-order chi connectivity index (χ1) is 6.11. The van der Waals surface area contributed by atoms with Crippen LogP contribution in [0.3, 0.4) is 0 Å². The van der Waals surface area contributed by atoms with Gasteiger partial charge in [-0.2, -0.15) is 0 Å². The molecule has 1 aromatic heterocycles. The first kappa shape index (κ1) is 10.7. The highest BCUT2D eigenvalue weighted by Gasteiger charge is 2.12. The first-order valence-electron chi connectivity index (χ1n) is 3.76. The van der Waals surface area contributed by atoms with Crippen LogP contribution in [0.4, 0.5) is 4.39 Å². The third-order valence-corrected chi connectivity index (χ3v) is 2.58. The number of hydrogen-bond donors (Lipinski definition) is 1. The maximum absolute atomic E-state index is 12.9. The van der Waals surface area contributed by atoms with E-state index < -0.39 is 5.82 Å². The molecule has 0 spiro atoms. The van der Waals surface area contributed by atoms with E-state index in [0.29, 0.717) is 6.54 Å². The minimum atomic E-state index is -0.454. The van der Waals surface area contributed by atoms with Crippen molar-refractivity contribution in [2.75, 3.05) is 6.54 Å². The van der Waals surface area contributed by atoms with Crippen molar-refractivity contribution >= 4 is 33.2 Å². The molecule has 0 aliphatic heterocycles. The normalized spacial score (nSPS) is 12.5. The Morgan fingerprint density at radius 1 is 1.85 bits per heavy atom. The summed E-state index contributed by atoms with van der Waals surface area (Å²) in [6.45, 7) is 2.40. The Bertz CT molecular complexity index is 300. The number of amides is 1.